The monoisotopic (exact) mass is 428 g/mol. The van der Waals surface area contributed by atoms with Crippen molar-refractivity contribution in [2.45, 2.75) is 44.0 Å². The van der Waals surface area contributed by atoms with Crippen molar-refractivity contribution in [3.63, 3.8) is 0 Å². The van der Waals surface area contributed by atoms with Crippen LogP contribution in [0.25, 0.3) is 0 Å². The first-order chi connectivity index (χ1) is 15.0. The largest absolute Gasteiger partial charge is 0.447 e. The van der Waals surface area contributed by atoms with Crippen LogP contribution in [-0.4, -0.2) is 11.7 Å². The van der Waals surface area contributed by atoms with E-state index in [-0.39, 0.29) is 11.8 Å². The predicted octanol–water partition coefficient (Wildman–Crippen LogP) is 4.96. The molecule has 5 unspecified atom stereocenters. The van der Waals surface area contributed by atoms with Gasteiger partial charge in [-0.25, -0.2) is 0 Å². The molecule has 2 aliphatic heterocycles. The van der Waals surface area contributed by atoms with E-state index in [0.29, 0.717) is 17.7 Å². The zero-order chi connectivity index (χ0) is 21.9. The molecule has 2 bridgehead atoms. The Bertz CT molecular complexity index is 1170. The minimum atomic E-state index is -1.88. The van der Waals surface area contributed by atoms with Gasteiger partial charge >= 0.3 is 0 Å². The second-order valence-electron chi connectivity index (χ2n) is 8.58. The zero-order valence-corrected chi connectivity index (χ0v) is 17.8. The molecule has 1 aliphatic carbocycles. The van der Waals surface area contributed by atoms with Gasteiger partial charge in [-0.1, -0.05) is 30.3 Å². The summed E-state index contributed by atoms with van der Waals surface area (Å²) in [6, 6.07) is 20.3. The number of thiophene rings is 1. The van der Waals surface area contributed by atoms with Gasteiger partial charge in [0.2, 0.25) is 17.1 Å². The molecule has 2 saturated heterocycles. The first-order valence-electron chi connectivity index (χ1n) is 10.3. The normalized spacial score (nSPS) is 35.2. The Kier molecular flexibility index (Phi) is 4.25. The molecule has 6 nitrogen and oxygen atoms in total. The number of nitrogens with zero attached hydrogens (tertiary/aromatic N) is 3. The molecule has 1 saturated carbocycles. The highest BCUT2D eigenvalue weighted by Crippen LogP contribution is 2.70. The van der Waals surface area contributed by atoms with E-state index in [1.165, 1.54) is 11.3 Å². The maximum Gasteiger partial charge on any atom is 0.217 e. The van der Waals surface area contributed by atoms with Crippen molar-refractivity contribution in [3.05, 3.63) is 57.8 Å². The van der Waals surface area contributed by atoms with Crippen LogP contribution in [0.1, 0.15) is 46.6 Å². The first kappa shape index (κ1) is 19.8. The molecular weight excluding hydrogens is 408 g/mol. The molecule has 1 N–H and O–H groups in total. The van der Waals surface area contributed by atoms with E-state index in [0.717, 1.165) is 16.9 Å². The van der Waals surface area contributed by atoms with E-state index in [2.05, 4.69) is 30.3 Å². The molecule has 1 aromatic carbocycles. The lowest BCUT2D eigenvalue weighted by Crippen LogP contribution is -2.60. The third-order valence-corrected chi connectivity index (χ3v) is 8.24. The van der Waals surface area contributed by atoms with Crippen LogP contribution in [0.2, 0.25) is 0 Å². The fourth-order valence-electron chi connectivity index (χ4n) is 5.71. The Morgan fingerprint density at radius 2 is 1.81 bits per heavy atom. The van der Waals surface area contributed by atoms with Crippen molar-refractivity contribution in [1.82, 2.24) is 0 Å². The lowest BCUT2D eigenvalue weighted by Gasteiger charge is -2.52. The maximum atomic E-state index is 10.5. The number of aryl methyl sites for hydroxylation is 1. The van der Waals surface area contributed by atoms with Crippen molar-refractivity contribution >= 4 is 17.2 Å². The van der Waals surface area contributed by atoms with Gasteiger partial charge in [0, 0.05) is 16.2 Å². The zero-order valence-electron chi connectivity index (χ0n) is 17.0. The van der Waals surface area contributed by atoms with Crippen molar-refractivity contribution in [1.29, 1.82) is 21.2 Å². The fraction of sp³-hybridized carbons (Fsp3) is 0.417. The Balaban J connectivity index is 1.68. The van der Waals surface area contributed by atoms with Crippen LogP contribution < -0.4 is 0 Å². The van der Waals surface area contributed by atoms with E-state index in [4.69, 9.17) is 14.9 Å². The van der Waals surface area contributed by atoms with Crippen molar-refractivity contribution < 1.29 is 9.47 Å². The number of hydrogen-bond donors (Lipinski definition) is 1. The van der Waals surface area contributed by atoms with Gasteiger partial charge in [-0.05, 0) is 43.4 Å². The van der Waals surface area contributed by atoms with E-state index >= 15 is 0 Å². The van der Waals surface area contributed by atoms with Gasteiger partial charge in [0.25, 0.3) is 0 Å². The van der Waals surface area contributed by atoms with Gasteiger partial charge in [0.05, 0.1) is 24.1 Å². The summed E-state index contributed by atoms with van der Waals surface area (Å²) in [6.45, 7) is 1.94. The lowest BCUT2D eigenvalue weighted by atomic mass is 9.51. The maximum absolute atomic E-state index is 10.5. The number of ether oxygens (including phenoxy) is 2. The number of nitrogens with one attached hydrogen (secondary N) is 1. The quantitative estimate of drug-likeness (QED) is 0.726. The first-order valence-corrected chi connectivity index (χ1v) is 11.1. The van der Waals surface area contributed by atoms with E-state index < -0.39 is 28.6 Å². The summed E-state index contributed by atoms with van der Waals surface area (Å²) in [5.74, 6) is -1.92. The van der Waals surface area contributed by atoms with Crippen LogP contribution in [0, 0.1) is 63.1 Å². The molecule has 154 valence electrons. The highest BCUT2D eigenvalue weighted by Gasteiger charge is 2.81. The minimum Gasteiger partial charge on any atom is -0.447 e. The summed E-state index contributed by atoms with van der Waals surface area (Å²) in [7, 11) is 0. The number of nitriles is 3. The highest BCUT2D eigenvalue weighted by atomic mass is 32.1. The van der Waals surface area contributed by atoms with Crippen LogP contribution in [0.5, 0.6) is 0 Å². The molecule has 3 heterocycles. The number of rotatable bonds is 2. The summed E-state index contributed by atoms with van der Waals surface area (Å²) >= 11 is 1.44. The Morgan fingerprint density at radius 1 is 1.06 bits per heavy atom. The Labute approximate surface area is 184 Å². The topological polar surface area (TPSA) is 114 Å². The van der Waals surface area contributed by atoms with Gasteiger partial charge in [-0.2, -0.15) is 15.8 Å². The van der Waals surface area contributed by atoms with E-state index in [9.17, 15) is 15.8 Å². The predicted molar refractivity (Wildman–Crippen MR) is 113 cm³/mol. The summed E-state index contributed by atoms with van der Waals surface area (Å²) in [5.41, 5.74) is -2.42. The molecule has 31 heavy (non-hydrogen) atoms. The second kappa shape index (κ2) is 6.66. The average molecular weight is 429 g/mol. The van der Waals surface area contributed by atoms with Gasteiger partial charge in [-0.15, -0.1) is 11.3 Å². The molecule has 0 radical (unpaired) electrons. The molecule has 7 heteroatoms. The molecular formula is C24H20N4O2S. The van der Waals surface area contributed by atoms with Crippen LogP contribution >= 0.6 is 11.3 Å². The standard InChI is InChI=1S/C24H20N4O2S/c1-15-7-8-18(31-15)20-22(12-25,13-26)23(14-27)19-11-17(16-5-3-2-4-6-16)9-10-24(19,29-20)30-21(23)28/h2-8,17,19-20,28H,9-11H2,1H3. The summed E-state index contributed by atoms with van der Waals surface area (Å²) in [6.07, 6.45) is 0.837. The Hall–Kier alpha value is -3.18. The van der Waals surface area contributed by atoms with Gasteiger partial charge in [0.15, 0.2) is 5.41 Å². The van der Waals surface area contributed by atoms with Crippen molar-refractivity contribution in [2.75, 3.05) is 0 Å². The van der Waals surface area contributed by atoms with Crippen LogP contribution in [0.3, 0.4) is 0 Å². The van der Waals surface area contributed by atoms with Gasteiger partial charge in [0.1, 0.15) is 6.10 Å². The molecule has 5 rings (SSSR count). The Morgan fingerprint density at radius 3 is 2.42 bits per heavy atom. The van der Waals surface area contributed by atoms with E-state index in [1.54, 1.807) is 0 Å². The summed E-state index contributed by atoms with van der Waals surface area (Å²) in [4.78, 5) is 1.73. The van der Waals surface area contributed by atoms with Gasteiger partial charge in [-0.3, -0.25) is 5.41 Å². The third kappa shape index (κ3) is 2.35. The minimum absolute atomic E-state index is 0.140. The van der Waals surface area contributed by atoms with Crippen molar-refractivity contribution in [3.8, 4) is 18.2 Å². The number of hydrogen-bond acceptors (Lipinski definition) is 7. The molecule has 0 amide bonds. The van der Waals surface area contributed by atoms with Crippen molar-refractivity contribution in [2.24, 2.45) is 16.7 Å². The van der Waals surface area contributed by atoms with Gasteiger partial charge < -0.3 is 9.47 Å². The summed E-state index contributed by atoms with van der Waals surface area (Å²) < 4.78 is 12.5. The van der Waals surface area contributed by atoms with Crippen LogP contribution in [0.4, 0.5) is 0 Å². The second-order valence-corrected chi connectivity index (χ2v) is 9.89. The molecule has 2 aromatic rings. The number of benzene rings is 1. The summed E-state index contributed by atoms with van der Waals surface area (Å²) in [5, 5.41) is 39.8. The smallest absolute Gasteiger partial charge is 0.217 e. The SMILES string of the molecule is Cc1ccc(C2OC34CCC(c5ccccc5)CC3C(C#N)(C(=N)O4)C2(C#N)C#N)s1. The molecule has 5 atom stereocenters. The van der Waals surface area contributed by atoms with Crippen LogP contribution in [-0.2, 0) is 9.47 Å². The van der Waals surface area contributed by atoms with Crippen LogP contribution in [0.15, 0.2) is 42.5 Å². The molecule has 1 aromatic heterocycles. The lowest BCUT2D eigenvalue weighted by molar-refractivity contribution is -0.295. The van der Waals surface area contributed by atoms with E-state index in [1.807, 2.05) is 37.3 Å². The fourth-order valence-corrected chi connectivity index (χ4v) is 6.69. The molecule has 0 spiro atoms. The molecule has 3 fully saturated rings. The third-order valence-electron chi connectivity index (χ3n) is 7.20. The average Bonchev–Trinajstić information content (AvgIpc) is 3.31. The molecule has 3 aliphatic rings. The highest BCUT2D eigenvalue weighted by molar-refractivity contribution is 7.12.